The molecule has 3 aromatic rings. The number of amides is 2. The van der Waals surface area contributed by atoms with E-state index in [9.17, 15) is 19.5 Å². The summed E-state index contributed by atoms with van der Waals surface area (Å²) >= 11 is 0. The van der Waals surface area contributed by atoms with Gasteiger partial charge >= 0.3 is 12.1 Å². The number of carbonyl (C=O) groups is 3. The Morgan fingerprint density at radius 3 is 2.31 bits per heavy atom. The highest BCUT2D eigenvalue weighted by Crippen LogP contribution is 2.44. The molecule has 1 unspecified atom stereocenters. The normalized spacial score (nSPS) is 13.9. The minimum atomic E-state index is -1.41. The van der Waals surface area contributed by atoms with Crippen molar-refractivity contribution in [2.75, 3.05) is 6.61 Å². The molecule has 1 aliphatic rings. The highest BCUT2D eigenvalue weighted by molar-refractivity contribution is 5.96. The summed E-state index contributed by atoms with van der Waals surface area (Å²) in [5, 5.41) is 18.2. The number of alkyl carbamates (subject to hydrolysis) is 1. The lowest BCUT2D eigenvalue weighted by Crippen LogP contribution is -2.52. The minimum Gasteiger partial charge on any atom is -0.480 e. The van der Waals surface area contributed by atoms with Crippen LogP contribution in [0.1, 0.15) is 60.0 Å². The van der Waals surface area contributed by atoms with E-state index in [1.807, 2.05) is 43.3 Å². The summed E-state index contributed by atoms with van der Waals surface area (Å²) in [6.07, 6.45) is 0.218. The van der Waals surface area contributed by atoms with Gasteiger partial charge in [0, 0.05) is 12.0 Å². The number of benzene rings is 2. The Morgan fingerprint density at radius 2 is 1.71 bits per heavy atom. The maximum absolute atomic E-state index is 12.4. The molecule has 0 aliphatic heterocycles. The second-order valence-corrected chi connectivity index (χ2v) is 8.70. The lowest BCUT2D eigenvalue weighted by atomic mass is 9.96. The Labute approximate surface area is 202 Å². The van der Waals surface area contributed by atoms with E-state index in [2.05, 4.69) is 27.9 Å². The van der Waals surface area contributed by atoms with Gasteiger partial charge in [-0.25, -0.2) is 9.59 Å². The fraction of sp³-hybridized carbons (Fsp3) is 0.308. The van der Waals surface area contributed by atoms with Crippen molar-refractivity contribution in [1.82, 2.24) is 15.8 Å². The SMILES string of the molecule is CCCC(C)(NC(=O)c1cc(CNC(=O)OCC2c3ccccc3-c3ccccc32)on1)C(=O)O. The smallest absolute Gasteiger partial charge is 0.407 e. The highest BCUT2D eigenvalue weighted by atomic mass is 16.5. The largest absolute Gasteiger partial charge is 0.480 e. The molecule has 0 spiro atoms. The van der Waals surface area contributed by atoms with Crippen LogP contribution in [0.25, 0.3) is 11.1 Å². The fourth-order valence-corrected chi connectivity index (χ4v) is 4.35. The molecule has 0 saturated carbocycles. The zero-order valence-corrected chi connectivity index (χ0v) is 19.5. The molecule has 9 heteroatoms. The van der Waals surface area contributed by atoms with Crippen molar-refractivity contribution in [2.24, 2.45) is 0 Å². The van der Waals surface area contributed by atoms with Crippen molar-refractivity contribution >= 4 is 18.0 Å². The Morgan fingerprint density at radius 1 is 1.09 bits per heavy atom. The molecule has 2 aromatic carbocycles. The first-order valence-corrected chi connectivity index (χ1v) is 11.4. The average Bonchev–Trinajstić information content (AvgIpc) is 3.45. The first-order chi connectivity index (χ1) is 16.8. The molecule has 182 valence electrons. The molecule has 9 nitrogen and oxygen atoms in total. The van der Waals surface area contributed by atoms with E-state index in [4.69, 9.17) is 9.26 Å². The van der Waals surface area contributed by atoms with E-state index in [0.717, 1.165) is 22.3 Å². The molecule has 35 heavy (non-hydrogen) atoms. The quantitative estimate of drug-likeness (QED) is 0.423. The van der Waals surface area contributed by atoms with Crippen LogP contribution in [0, 0.1) is 0 Å². The van der Waals surface area contributed by atoms with E-state index < -0.39 is 23.5 Å². The fourth-order valence-electron chi connectivity index (χ4n) is 4.35. The van der Waals surface area contributed by atoms with Gasteiger partial charge in [-0.2, -0.15) is 0 Å². The number of aromatic nitrogens is 1. The number of hydrogen-bond donors (Lipinski definition) is 3. The van der Waals surface area contributed by atoms with E-state index in [-0.39, 0.29) is 36.9 Å². The van der Waals surface area contributed by atoms with Gasteiger partial charge in [0.15, 0.2) is 11.5 Å². The van der Waals surface area contributed by atoms with Crippen molar-refractivity contribution in [3.8, 4) is 11.1 Å². The molecule has 1 aromatic heterocycles. The zero-order chi connectivity index (χ0) is 25.0. The number of hydrogen-bond acceptors (Lipinski definition) is 6. The van der Waals surface area contributed by atoms with Crippen LogP contribution in [-0.4, -0.2) is 40.4 Å². The van der Waals surface area contributed by atoms with Crippen molar-refractivity contribution < 1.29 is 28.8 Å². The molecule has 3 N–H and O–H groups in total. The number of carbonyl (C=O) groups excluding carboxylic acids is 2. The van der Waals surface area contributed by atoms with E-state index in [1.165, 1.54) is 13.0 Å². The predicted octanol–water partition coefficient (Wildman–Crippen LogP) is 4.09. The molecule has 2 amide bonds. The van der Waals surface area contributed by atoms with E-state index >= 15 is 0 Å². The third kappa shape index (κ3) is 5.03. The number of nitrogens with zero attached hydrogens (tertiary/aromatic N) is 1. The van der Waals surface area contributed by atoms with Crippen LogP contribution in [0.2, 0.25) is 0 Å². The average molecular weight is 478 g/mol. The van der Waals surface area contributed by atoms with Crippen LogP contribution in [0.4, 0.5) is 4.79 Å². The summed E-state index contributed by atoms with van der Waals surface area (Å²) in [4.78, 5) is 36.3. The molecule has 1 heterocycles. The van der Waals surface area contributed by atoms with Crippen molar-refractivity contribution in [2.45, 2.75) is 44.7 Å². The van der Waals surface area contributed by atoms with Gasteiger partial charge in [-0.3, -0.25) is 4.79 Å². The van der Waals surface area contributed by atoms with Crippen LogP contribution in [0.5, 0.6) is 0 Å². The Kier molecular flexibility index (Phi) is 6.86. The lowest BCUT2D eigenvalue weighted by Gasteiger charge is -2.25. The van der Waals surface area contributed by atoms with Gasteiger partial charge in [0.2, 0.25) is 0 Å². The minimum absolute atomic E-state index is 0.0396. The van der Waals surface area contributed by atoms with Crippen LogP contribution in [0.15, 0.2) is 59.1 Å². The summed E-state index contributed by atoms with van der Waals surface area (Å²) in [5.41, 5.74) is 3.03. The first-order valence-electron chi connectivity index (χ1n) is 11.4. The molecule has 1 atom stereocenters. The first kappa shape index (κ1) is 24.0. The Hall–Kier alpha value is -4.14. The van der Waals surface area contributed by atoms with Crippen LogP contribution in [-0.2, 0) is 16.1 Å². The molecular weight excluding hydrogens is 450 g/mol. The summed E-state index contributed by atoms with van der Waals surface area (Å²) in [6.45, 7) is 3.41. The summed E-state index contributed by atoms with van der Waals surface area (Å²) < 4.78 is 10.6. The molecule has 0 saturated heterocycles. The lowest BCUT2D eigenvalue weighted by molar-refractivity contribution is -0.144. The Balaban J connectivity index is 1.32. The molecular formula is C26H27N3O6. The number of carboxylic acid groups (broad SMARTS) is 1. The number of aliphatic carboxylic acids is 1. The van der Waals surface area contributed by atoms with Gasteiger partial charge < -0.3 is 25.0 Å². The van der Waals surface area contributed by atoms with Gasteiger partial charge in [-0.1, -0.05) is 67.0 Å². The second kappa shape index (κ2) is 10.0. The molecule has 0 fully saturated rings. The highest BCUT2D eigenvalue weighted by Gasteiger charge is 2.35. The molecule has 0 radical (unpaired) electrons. The van der Waals surface area contributed by atoms with Gasteiger partial charge in [-0.05, 0) is 35.6 Å². The molecule has 0 bridgehead atoms. The number of carboxylic acids is 1. The van der Waals surface area contributed by atoms with Crippen molar-refractivity contribution in [3.05, 3.63) is 77.2 Å². The van der Waals surface area contributed by atoms with E-state index in [0.29, 0.717) is 6.42 Å². The number of rotatable bonds is 9. The predicted molar refractivity (Wildman–Crippen MR) is 127 cm³/mol. The van der Waals surface area contributed by atoms with E-state index in [1.54, 1.807) is 0 Å². The zero-order valence-electron chi connectivity index (χ0n) is 19.5. The standard InChI is InChI=1S/C26H27N3O6/c1-3-12-26(2,24(31)32)28-23(30)22-13-16(35-29-22)14-27-25(33)34-15-21-19-10-6-4-8-17(19)18-9-5-7-11-20(18)21/h4-11,13,21H,3,12,14-15H2,1-2H3,(H,27,33)(H,28,30)(H,31,32). The van der Waals surface area contributed by atoms with Gasteiger partial charge in [0.05, 0.1) is 6.54 Å². The summed E-state index contributed by atoms with van der Waals surface area (Å²) in [6, 6.07) is 17.5. The van der Waals surface area contributed by atoms with Crippen LogP contribution >= 0.6 is 0 Å². The van der Waals surface area contributed by atoms with Crippen molar-refractivity contribution in [3.63, 3.8) is 0 Å². The van der Waals surface area contributed by atoms with Crippen molar-refractivity contribution in [1.29, 1.82) is 0 Å². The van der Waals surface area contributed by atoms with Gasteiger partial charge in [0.25, 0.3) is 5.91 Å². The molecule has 4 rings (SSSR count). The number of ether oxygens (including phenoxy) is 1. The summed E-state index contributed by atoms with van der Waals surface area (Å²) in [7, 11) is 0. The van der Waals surface area contributed by atoms with Crippen LogP contribution in [0.3, 0.4) is 0 Å². The third-order valence-corrected chi connectivity index (χ3v) is 6.15. The van der Waals surface area contributed by atoms with Gasteiger partial charge in [-0.15, -0.1) is 0 Å². The maximum Gasteiger partial charge on any atom is 0.407 e. The number of nitrogens with one attached hydrogen (secondary N) is 2. The van der Waals surface area contributed by atoms with Crippen LogP contribution < -0.4 is 10.6 Å². The van der Waals surface area contributed by atoms with Gasteiger partial charge in [0.1, 0.15) is 12.1 Å². The summed E-state index contributed by atoms with van der Waals surface area (Å²) in [5.74, 6) is -1.62. The second-order valence-electron chi connectivity index (χ2n) is 8.70. The Bertz CT molecular complexity index is 1210. The maximum atomic E-state index is 12.4. The molecule has 1 aliphatic carbocycles. The number of fused-ring (bicyclic) bond motifs is 3. The topological polar surface area (TPSA) is 131 Å². The third-order valence-electron chi connectivity index (χ3n) is 6.15. The monoisotopic (exact) mass is 477 g/mol.